The van der Waals surface area contributed by atoms with E-state index in [0.29, 0.717) is 12.3 Å². The number of ether oxygens (including phenoxy) is 2. The summed E-state index contributed by atoms with van der Waals surface area (Å²) in [6, 6.07) is 3.31. The summed E-state index contributed by atoms with van der Waals surface area (Å²) >= 11 is 0. The van der Waals surface area contributed by atoms with Crippen LogP contribution < -0.4 is 10.1 Å². The molecule has 1 rings (SSSR count). The molecular formula is C12H17NO4. The van der Waals surface area contributed by atoms with Gasteiger partial charge in [0, 0.05) is 13.7 Å². The van der Waals surface area contributed by atoms with Gasteiger partial charge in [0.1, 0.15) is 6.61 Å². The van der Waals surface area contributed by atoms with Crippen molar-refractivity contribution in [2.24, 2.45) is 0 Å². The van der Waals surface area contributed by atoms with E-state index in [1.165, 1.54) is 14.2 Å². The van der Waals surface area contributed by atoms with Crippen molar-refractivity contribution in [1.82, 2.24) is 5.32 Å². The Morgan fingerprint density at radius 2 is 2.12 bits per heavy atom. The average molecular weight is 239 g/mol. The van der Waals surface area contributed by atoms with Crippen molar-refractivity contribution >= 4 is 5.91 Å². The lowest BCUT2D eigenvalue weighted by Crippen LogP contribution is -2.26. The van der Waals surface area contributed by atoms with Gasteiger partial charge in [-0.2, -0.15) is 0 Å². The predicted molar refractivity (Wildman–Crippen MR) is 63.1 cm³/mol. The fourth-order valence-electron chi connectivity index (χ4n) is 1.44. The minimum atomic E-state index is -0.182. The van der Waals surface area contributed by atoms with Crippen LogP contribution in [0.5, 0.6) is 11.5 Å². The van der Waals surface area contributed by atoms with Gasteiger partial charge in [-0.05, 0) is 30.2 Å². The molecule has 0 aromatic heterocycles. The number of amides is 1. The molecule has 0 aliphatic rings. The summed E-state index contributed by atoms with van der Waals surface area (Å²) in [6.45, 7) is 2.27. The fourth-order valence-corrected chi connectivity index (χ4v) is 1.44. The molecule has 0 bridgehead atoms. The van der Waals surface area contributed by atoms with Gasteiger partial charge in [-0.1, -0.05) is 0 Å². The highest BCUT2D eigenvalue weighted by molar-refractivity contribution is 5.77. The van der Waals surface area contributed by atoms with Gasteiger partial charge in [-0.15, -0.1) is 0 Å². The Labute approximate surface area is 100 Å². The first-order valence-corrected chi connectivity index (χ1v) is 5.20. The molecule has 0 spiro atoms. The number of carbonyl (C=O) groups is 1. The van der Waals surface area contributed by atoms with Crippen LogP contribution in [0.25, 0.3) is 0 Å². The van der Waals surface area contributed by atoms with Crippen LogP contribution in [-0.4, -0.2) is 31.8 Å². The average Bonchev–Trinajstić information content (AvgIpc) is 2.28. The fraction of sp³-hybridized carbons (Fsp3) is 0.417. The van der Waals surface area contributed by atoms with Gasteiger partial charge in [0.15, 0.2) is 11.5 Å². The quantitative estimate of drug-likeness (QED) is 0.803. The number of methoxy groups -OCH3 is 2. The van der Waals surface area contributed by atoms with Crippen molar-refractivity contribution < 1.29 is 19.4 Å². The predicted octanol–water partition coefficient (Wildman–Crippen LogP) is 0.972. The topological polar surface area (TPSA) is 67.8 Å². The van der Waals surface area contributed by atoms with Gasteiger partial charge in [0.05, 0.1) is 7.11 Å². The summed E-state index contributed by atoms with van der Waals surface area (Å²) in [5.74, 6) is 0.308. The first-order valence-electron chi connectivity index (χ1n) is 5.20. The van der Waals surface area contributed by atoms with Crippen molar-refractivity contribution in [3.8, 4) is 11.5 Å². The third-order valence-electron chi connectivity index (χ3n) is 2.39. The number of phenols is 1. The van der Waals surface area contributed by atoms with Crippen LogP contribution in [-0.2, 0) is 16.1 Å². The first kappa shape index (κ1) is 13.3. The van der Waals surface area contributed by atoms with Crippen molar-refractivity contribution in [2.75, 3.05) is 20.8 Å². The molecule has 94 valence electrons. The Hall–Kier alpha value is -1.75. The Morgan fingerprint density at radius 3 is 2.71 bits per heavy atom. The van der Waals surface area contributed by atoms with Gasteiger partial charge in [0.25, 0.3) is 0 Å². The molecule has 5 heteroatoms. The normalized spacial score (nSPS) is 10.1. The second-order valence-corrected chi connectivity index (χ2v) is 3.66. The Balaban J connectivity index is 2.74. The van der Waals surface area contributed by atoms with Gasteiger partial charge >= 0.3 is 0 Å². The van der Waals surface area contributed by atoms with E-state index in [9.17, 15) is 9.90 Å². The Morgan fingerprint density at radius 1 is 1.41 bits per heavy atom. The summed E-state index contributed by atoms with van der Waals surface area (Å²) in [5.41, 5.74) is 1.78. The van der Waals surface area contributed by atoms with E-state index in [4.69, 9.17) is 9.47 Å². The van der Waals surface area contributed by atoms with E-state index >= 15 is 0 Å². The van der Waals surface area contributed by atoms with Crippen LogP contribution in [0, 0.1) is 6.92 Å². The molecule has 17 heavy (non-hydrogen) atoms. The van der Waals surface area contributed by atoms with Crippen LogP contribution in [0.15, 0.2) is 12.1 Å². The maximum Gasteiger partial charge on any atom is 0.246 e. The van der Waals surface area contributed by atoms with Crippen LogP contribution in [0.4, 0.5) is 0 Å². The largest absolute Gasteiger partial charge is 0.504 e. The number of hydrogen-bond donors (Lipinski definition) is 2. The van der Waals surface area contributed by atoms with Gasteiger partial charge < -0.3 is 19.9 Å². The highest BCUT2D eigenvalue weighted by atomic mass is 16.5. The Kier molecular flexibility index (Phi) is 4.78. The third kappa shape index (κ3) is 3.64. The summed E-state index contributed by atoms with van der Waals surface area (Å²) in [7, 11) is 2.95. The van der Waals surface area contributed by atoms with E-state index in [2.05, 4.69) is 5.32 Å². The molecule has 1 amide bonds. The molecule has 0 atom stereocenters. The maximum atomic E-state index is 11.2. The zero-order valence-electron chi connectivity index (χ0n) is 10.2. The number of rotatable bonds is 5. The van der Waals surface area contributed by atoms with Gasteiger partial charge in [-0.3, -0.25) is 4.79 Å². The van der Waals surface area contributed by atoms with Crippen LogP contribution >= 0.6 is 0 Å². The van der Waals surface area contributed by atoms with E-state index in [0.717, 1.165) is 11.1 Å². The maximum absolute atomic E-state index is 11.2. The molecule has 1 aromatic carbocycles. The zero-order chi connectivity index (χ0) is 12.8. The van der Waals surface area contributed by atoms with E-state index in [1.54, 1.807) is 12.1 Å². The Bertz CT molecular complexity index is 404. The summed E-state index contributed by atoms with van der Waals surface area (Å²) < 4.78 is 9.72. The van der Waals surface area contributed by atoms with Crippen LogP contribution in [0.2, 0.25) is 0 Å². The lowest BCUT2D eigenvalue weighted by molar-refractivity contribution is -0.124. The number of hydrogen-bond acceptors (Lipinski definition) is 4. The van der Waals surface area contributed by atoms with Crippen LogP contribution in [0.1, 0.15) is 11.1 Å². The van der Waals surface area contributed by atoms with Crippen molar-refractivity contribution in [3.05, 3.63) is 23.3 Å². The van der Waals surface area contributed by atoms with Gasteiger partial charge in [0.2, 0.25) is 5.91 Å². The molecule has 0 fully saturated rings. The van der Waals surface area contributed by atoms with E-state index in [1.807, 2.05) is 6.92 Å². The number of nitrogens with one attached hydrogen (secondary N) is 1. The van der Waals surface area contributed by atoms with E-state index in [-0.39, 0.29) is 18.3 Å². The second-order valence-electron chi connectivity index (χ2n) is 3.66. The lowest BCUT2D eigenvalue weighted by atomic mass is 10.1. The highest BCUT2D eigenvalue weighted by Crippen LogP contribution is 2.28. The molecule has 0 radical (unpaired) electrons. The molecule has 1 aromatic rings. The lowest BCUT2D eigenvalue weighted by Gasteiger charge is -2.11. The second kappa shape index (κ2) is 6.10. The summed E-state index contributed by atoms with van der Waals surface area (Å²) in [6.07, 6.45) is 0. The summed E-state index contributed by atoms with van der Waals surface area (Å²) in [4.78, 5) is 11.2. The molecule has 0 saturated heterocycles. The minimum Gasteiger partial charge on any atom is -0.504 e. The molecule has 0 aliphatic carbocycles. The zero-order valence-corrected chi connectivity index (χ0v) is 10.2. The molecule has 2 N–H and O–H groups in total. The summed E-state index contributed by atoms with van der Waals surface area (Å²) in [5, 5.41) is 12.3. The standard InChI is InChI=1S/C12H17NO4/c1-8-4-10(14)11(17-3)5-9(8)6-13-12(15)7-16-2/h4-5,14H,6-7H2,1-3H3,(H,13,15). The number of aromatic hydroxyl groups is 1. The van der Waals surface area contributed by atoms with Crippen molar-refractivity contribution in [3.63, 3.8) is 0 Å². The number of phenolic OH excluding ortho intramolecular Hbond substituents is 1. The SMILES string of the molecule is COCC(=O)NCc1cc(OC)c(O)cc1C. The van der Waals surface area contributed by atoms with Crippen molar-refractivity contribution in [1.29, 1.82) is 0 Å². The van der Waals surface area contributed by atoms with Gasteiger partial charge in [-0.25, -0.2) is 0 Å². The molecule has 0 heterocycles. The number of aryl methyl sites for hydroxylation is 1. The minimum absolute atomic E-state index is 0.0360. The highest BCUT2D eigenvalue weighted by Gasteiger charge is 2.08. The van der Waals surface area contributed by atoms with E-state index < -0.39 is 0 Å². The monoisotopic (exact) mass is 239 g/mol. The molecule has 0 saturated carbocycles. The smallest absolute Gasteiger partial charge is 0.246 e. The molecule has 0 unspecified atom stereocenters. The third-order valence-corrected chi connectivity index (χ3v) is 2.39. The number of benzene rings is 1. The molecule has 0 aliphatic heterocycles. The number of carbonyl (C=O) groups excluding carboxylic acids is 1. The molecular weight excluding hydrogens is 222 g/mol. The van der Waals surface area contributed by atoms with Crippen molar-refractivity contribution in [2.45, 2.75) is 13.5 Å². The van der Waals surface area contributed by atoms with Crippen LogP contribution in [0.3, 0.4) is 0 Å². The molecule has 5 nitrogen and oxygen atoms in total. The first-order chi connectivity index (χ1) is 8.08.